The van der Waals surface area contributed by atoms with Gasteiger partial charge < -0.3 is 14.8 Å². The van der Waals surface area contributed by atoms with Crippen LogP contribution in [0.5, 0.6) is 0 Å². The van der Waals surface area contributed by atoms with E-state index in [1.165, 1.54) is 0 Å². The molecule has 0 spiro atoms. The van der Waals surface area contributed by atoms with E-state index in [0.717, 1.165) is 32.6 Å². The maximum atomic E-state index is 5.39. The lowest BCUT2D eigenvalue weighted by atomic mass is 10.2. The molecule has 0 saturated carbocycles. The van der Waals surface area contributed by atoms with Gasteiger partial charge in [-0.05, 0) is 19.8 Å². The first-order valence-electron chi connectivity index (χ1n) is 4.79. The molecule has 1 aliphatic heterocycles. The topological polar surface area (TPSA) is 30.5 Å². The van der Waals surface area contributed by atoms with E-state index >= 15 is 0 Å². The van der Waals surface area contributed by atoms with Gasteiger partial charge in [-0.3, -0.25) is 0 Å². The van der Waals surface area contributed by atoms with Crippen LogP contribution in [0.1, 0.15) is 26.7 Å². The van der Waals surface area contributed by atoms with E-state index in [-0.39, 0.29) is 6.29 Å². The Bertz CT molecular complexity index is 113. The van der Waals surface area contributed by atoms with Crippen LogP contribution in [-0.4, -0.2) is 32.1 Å². The van der Waals surface area contributed by atoms with Crippen molar-refractivity contribution in [2.75, 3.05) is 19.8 Å². The minimum absolute atomic E-state index is 0.0206. The molecule has 3 heteroatoms. The van der Waals surface area contributed by atoms with E-state index in [2.05, 4.69) is 19.2 Å². The molecule has 1 rings (SSSR count). The summed E-state index contributed by atoms with van der Waals surface area (Å²) in [4.78, 5) is 0. The Balaban J connectivity index is 2.05. The van der Waals surface area contributed by atoms with Gasteiger partial charge >= 0.3 is 0 Å². The van der Waals surface area contributed by atoms with Gasteiger partial charge in [0.2, 0.25) is 0 Å². The van der Waals surface area contributed by atoms with Gasteiger partial charge in [-0.15, -0.1) is 0 Å². The number of hydrogen-bond acceptors (Lipinski definition) is 3. The fourth-order valence-corrected chi connectivity index (χ4v) is 1.10. The predicted octanol–water partition coefficient (Wildman–Crippen LogP) is 1.14. The van der Waals surface area contributed by atoms with Gasteiger partial charge in [-0.2, -0.15) is 0 Å². The maximum Gasteiger partial charge on any atom is 0.169 e. The maximum absolute atomic E-state index is 5.39. The molecule has 1 atom stereocenters. The normalized spacial score (nSPS) is 22.5. The highest BCUT2D eigenvalue weighted by molar-refractivity contribution is 4.61. The van der Waals surface area contributed by atoms with Gasteiger partial charge in [-0.1, -0.05) is 6.92 Å². The molecule has 0 amide bonds. The highest BCUT2D eigenvalue weighted by atomic mass is 16.7. The minimum Gasteiger partial charge on any atom is -0.351 e. The molecule has 0 aromatic heterocycles. The molecule has 1 heterocycles. The fourth-order valence-electron chi connectivity index (χ4n) is 1.10. The van der Waals surface area contributed by atoms with Crippen LogP contribution in [0, 0.1) is 0 Å². The zero-order chi connectivity index (χ0) is 8.81. The number of ether oxygens (including phenoxy) is 2. The molecule has 3 nitrogen and oxygen atoms in total. The van der Waals surface area contributed by atoms with Gasteiger partial charge in [0.05, 0.1) is 13.2 Å². The molecule has 0 aromatic carbocycles. The lowest BCUT2D eigenvalue weighted by Gasteiger charge is -2.24. The Labute approximate surface area is 74.4 Å². The molecule has 72 valence electrons. The molecule has 1 aliphatic rings. The van der Waals surface area contributed by atoms with Crippen molar-refractivity contribution < 1.29 is 9.47 Å². The van der Waals surface area contributed by atoms with E-state index in [9.17, 15) is 0 Å². The highest BCUT2D eigenvalue weighted by Gasteiger charge is 2.13. The van der Waals surface area contributed by atoms with Crippen LogP contribution in [-0.2, 0) is 9.47 Å². The standard InChI is InChI=1S/C9H19NO2/c1-3-8(2)10-7-9-11-5-4-6-12-9/h8-10H,3-7H2,1-2H3. The molecule has 0 bridgehead atoms. The van der Waals surface area contributed by atoms with E-state index in [0.29, 0.717) is 6.04 Å². The van der Waals surface area contributed by atoms with E-state index < -0.39 is 0 Å². The van der Waals surface area contributed by atoms with Crippen LogP contribution >= 0.6 is 0 Å². The molecule has 1 N–H and O–H groups in total. The summed E-state index contributed by atoms with van der Waals surface area (Å²) >= 11 is 0. The molecule has 12 heavy (non-hydrogen) atoms. The molecule has 0 aromatic rings. The van der Waals surface area contributed by atoms with Crippen molar-refractivity contribution in [3.63, 3.8) is 0 Å². The first-order valence-corrected chi connectivity index (χ1v) is 4.79. The molecule has 1 unspecified atom stereocenters. The van der Waals surface area contributed by atoms with Gasteiger partial charge in [0.15, 0.2) is 6.29 Å². The smallest absolute Gasteiger partial charge is 0.169 e. The molecule has 1 saturated heterocycles. The Morgan fingerprint density at radius 2 is 2.08 bits per heavy atom. The van der Waals surface area contributed by atoms with E-state index in [1.54, 1.807) is 0 Å². The molecular formula is C9H19NO2. The van der Waals surface area contributed by atoms with Crippen LogP contribution in [0.25, 0.3) is 0 Å². The van der Waals surface area contributed by atoms with Crippen LogP contribution in [0.4, 0.5) is 0 Å². The lowest BCUT2D eigenvalue weighted by Crippen LogP contribution is -2.38. The summed E-state index contributed by atoms with van der Waals surface area (Å²) in [5.41, 5.74) is 0. The molecule has 1 fully saturated rings. The van der Waals surface area contributed by atoms with E-state index in [4.69, 9.17) is 9.47 Å². The summed E-state index contributed by atoms with van der Waals surface area (Å²) in [6.45, 7) is 6.83. The predicted molar refractivity (Wildman–Crippen MR) is 48.1 cm³/mol. The Hall–Kier alpha value is -0.120. The summed E-state index contributed by atoms with van der Waals surface area (Å²) < 4.78 is 10.8. The molecule has 0 aliphatic carbocycles. The average Bonchev–Trinajstić information content (AvgIpc) is 2.16. The quantitative estimate of drug-likeness (QED) is 0.691. The zero-order valence-corrected chi connectivity index (χ0v) is 8.01. The summed E-state index contributed by atoms with van der Waals surface area (Å²) in [6.07, 6.45) is 2.15. The summed E-state index contributed by atoms with van der Waals surface area (Å²) in [5.74, 6) is 0. The summed E-state index contributed by atoms with van der Waals surface area (Å²) in [5, 5.41) is 3.35. The average molecular weight is 173 g/mol. The van der Waals surface area contributed by atoms with Gasteiger partial charge in [0.25, 0.3) is 0 Å². The second-order valence-electron chi connectivity index (χ2n) is 3.24. The van der Waals surface area contributed by atoms with Gasteiger partial charge in [-0.25, -0.2) is 0 Å². The van der Waals surface area contributed by atoms with Crippen molar-refractivity contribution in [3.05, 3.63) is 0 Å². The second-order valence-corrected chi connectivity index (χ2v) is 3.24. The first-order chi connectivity index (χ1) is 5.83. The van der Waals surface area contributed by atoms with Crippen LogP contribution in [0.3, 0.4) is 0 Å². The Kier molecular flexibility index (Phi) is 4.58. The first kappa shape index (κ1) is 9.96. The Morgan fingerprint density at radius 3 is 2.67 bits per heavy atom. The number of rotatable bonds is 4. The Morgan fingerprint density at radius 1 is 1.42 bits per heavy atom. The SMILES string of the molecule is CCC(C)NCC1OCCCO1. The third-order valence-electron chi connectivity index (χ3n) is 2.14. The summed E-state index contributed by atoms with van der Waals surface area (Å²) in [7, 11) is 0. The monoisotopic (exact) mass is 173 g/mol. The van der Waals surface area contributed by atoms with Crippen LogP contribution < -0.4 is 5.32 Å². The minimum atomic E-state index is -0.0206. The lowest BCUT2D eigenvalue weighted by molar-refractivity contribution is -0.175. The molecule has 0 radical (unpaired) electrons. The molecular weight excluding hydrogens is 154 g/mol. The third kappa shape index (κ3) is 3.52. The van der Waals surface area contributed by atoms with Crippen LogP contribution in [0.15, 0.2) is 0 Å². The fraction of sp³-hybridized carbons (Fsp3) is 1.00. The zero-order valence-electron chi connectivity index (χ0n) is 8.01. The van der Waals surface area contributed by atoms with E-state index in [1.807, 2.05) is 0 Å². The largest absolute Gasteiger partial charge is 0.351 e. The van der Waals surface area contributed by atoms with Gasteiger partial charge in [0.1, 0.15) is 0 Å². The van der Waals surface area contributed by atoms with Crippen molar-refractivity contribution in [1.29, 1.82) is 0 Å². The van der Waals surface area contributed by atoms with Crippen LogP contribution in [0.2, 0.25) is 0 Å². The second kappa shape index (κ2) is 5.51. The van der Waals surface area contributed by atoms with Crippen molar-refractivity contribution in [2.24, 2.45) is 0 Å². The van der Waals surface area contributed by atoms with Crippen molar-refractivity contribution in [1.82, 2.24) is 5.32 Å². The van der Waals surface area contributed by atoms with Crippen molar-refractivity contribution in [2.45, 2.75) is 39.0 Å². The number of nitrogens with one attached hydrogen (secondary N) is 1. The summed E-state index contributed by atoms with van der Waals surface area (Å²) in [6, 6.07) is 0.555. The van der Waals surface area contributed by atoms with Crippen molar-refractivity contribution >= 4 is 0 Å². The van der Waals surface area contributed by atoms with Crippen molar-refractivity contribution in [3.8, 4) is 0 Å². The van der Waals surface area contributed by atoms with Gasteiger partial charge in [0, 0.05) is 12.6 Å². The number of hydrogen-bond donors (Lipinski definition) is 1. The highest BCUT2D eigenvalue weighted by Crippen LogP contribution is 2.03. The third-order valence-corrected chi connectivity index (χ3v) is 2.14.